The van der Waals surface area contributed by atoms with Crippen molar-refractivity contribution >= 4 is 0 Å². The molecule has 2 rings (SSSR count). The predicted molar refractivity (Wildman–Crippen MR) is 74.8 cm³/mol. The number of likely N-dealkylation sites (N-methyl/N-ethyl adjacent to an activating group) is 1. The maximum atomic E-state index is 4.61. The van der Waals surface area contributed by atoms with Crippen LogP contribution in [-0.4, -0.2) is 26.3 Å². The number of aryl methyl sites for hydroxylation is 2. The van der Waals surface area contributed by atoms with Gasteiger partial charge in [0, 0.05) is 18.7 Å². The molecule has 5 heteroatoms. The Morgan fingerprint density at radius 2 is 2.16 bits per heavy atom. The van der Waals surface area contributed by atoms with Crippen LogP contribution < -0.4 is 5.32 Å². The molecule has 1 unspecified atom stereocenters. The molecule has 19 heavy (non-hydrogen) atoms. The summed E-state index contributed by atoms with van der Waals surface area (Å²) in [5.74, 6) is 0.997. The number of hydrogen-bond acceptors (Lipinski definition) is 4. The van der Waals surface area contributed by atoms with Crippen LogP contribution in [0, 0.1) is 6.92 Å². The first-order chi connectivity index (χ1) is 9.24. The Hall–Kier alpha value is -1.75. The van der Waals surface area contributed by atoms with Crippen LogP contribution in [0.25, 0.3) is 0 Å². The standard InChI is InChI=1S/C14H21N5/c1-4-15-13(12-8-6-7-11(3)18-12)9-14-16-10-17-19(14)5-2/h6-8,10,13,15H,4-5,9H2,1-3H3. The molecule has 0 aromatic carbocycles. The van der Waals surface area contributed by atoms with Crippen LogP contribution in [0.2, 0.25) is 0 Å². The summed E-state index contributed by atoms with van der Waals surface area (Å²) >= 11 is 0. The second kappa shape index (κ2) is 6.43. The van der Waals surface area contributed by atoms with E-state index in [4.69, 9.17) is 0 Å². The molecule has 2 heterocycles. The summed E-state index contributed by atoms with van der Waals surface area (Å²) in [5.41, 5.74) is 2.10. The van der Waals surface area contributed by atoms with Gasteiger partial charge in [0.2, 0.25) is 0 Å². The van der Waals surface area contributed by atoms with Crippen LogP contribution in [-0.2, 0) is 13.0 Å². The van der Waals surface area contributed by atoms with Crippen LogP contribution in [0.5, 0.6) is 0 Å². The highest BCUT2D eigenvalue weighted by Crippen LogP contribution is 2.15. The van der Waals surface area contributed by atoms with Gasteiger partial charge in [0.25, 0.3) is 0 Å². The Kier molecular flexibility index (Phi) is 4.63. The van der Waals surface area contributed by atoms with Gasteiger partial charge >= 0.3 is 0 Å². The largest absolute Gasteiger partial charge is 0.309 e. The van der Waals surface area contributed by atoms with Gasteiger partial charge in [-0.2, -0.15) is 5.10 Å². The van der Waals surface area contributed by atoms with Crippen molar-refractivity contribution < 1.29 is 0 Å². The Morgan fingerprint density at radius 3 is 2.84 bits per heavy atom. The Labute approximate surface area is 114 Å². The molecule has 0 saturated heterocycles. The fraction of sp³-hybridized carbons (Fsp3) is 0.500. The van der Waals surface area contributed by atoms with E-state index in [1.807, 2.05) is 23.7 Å². The quantitative estimate of drug-likeness (QED) is 0.860. The summed E-state index contributed by atoms with van der Waals surface area (Å²) in [6, 6.07) is 6.31. The molecule has 5 nitrogen and oxygen atoms in total. The highest BCUT2D eigenvalue weighted by atomic mass is 15.3. The third-order valence-electron chi connectivity index (χ3n) is 3.10. The number of nitrogens with zero attached hydrogens (tertiary/aromatic N) is 4. The van der Waals surface area contributed by atoms with Gasteiger partial charge < -0.3 is 5.32 Å². The van der Waals surface area contributed by atoms with Gasteiger partial charge in [0.1, 0.15) is 12.2 Å². The van der Waals surface area contributed by atoms with E-state index in [0.29, 0.717) is 0 Å². The van der Waals surface area contributed by atoms with Crippen molar-refractivity contribution in [3.05, 3.63) is 41.7 Å². The molecule has 0 aliphatic rings. The summed E-state index contributed by atoms with van der Waals surface area (Å²) in [7, 11) is 0. The van der Waals surface area contributed by atoms with Crippen molar-refractivity contribution in [2.45, 2.75) is 39.8 Å². The van der Waals surface area contributed by atoms with Crippen LogP contribution in [0.15, 0.2) is 24.5 Å². The second-order valence-corrected chi connectivity index (χ2v) is 4.51. The molecular weight excluding hydrogens is 238 g/mol. The smallest absolute Gasteiger partial charge is 0.138 e. The normalized spacial score (nSPS) is 12.6. The average molecular weight is 259 g/mol. The fourth-order valence-electron chi connectivity index (χ4n) is 2.18. The molecule has 0 bridgehead atoms. The summed E-state index contributed by atoms with van der Waals surface area (Å²) in [4.78, 5) is 8.95. The third kappa shape index (κ3) is 3.38. The van der Waals surface area contributed by atoms with Gasteiger partial charge in [-0.1, -0.05) is 13.0 Å². The van der Waals surface area contributed by atoms with E-state index in [1.54, 1.807) is 6.33 Å². The summed E-state index contributed by atoms with van der Waals surface area (Å²) in [6.45, 7) is 7.94. The zero-order valence-corrected chi connectivity index (χ0v) is 11.8. The van der Waals surface area contributed by atoms with Crippen molar-refractivity contribution in [1.82, 2.24) is 25.1 Å². The maximum Gasteiger partial charge on any atom is 0.138 e. The van der Waals surface area contributed by atoms with E-state index >= 15 is 0 Å². The van der Waals surface area contributed by atoms with Crippen molar-refractivity contribution in [3.8, 4) is 0 Å². The van der Waals surface area contributed by atoms with Crippen molar-refractivity contribution in [1.29, 1.82) is 0 Å². The van der Waals surface area contributed by atoms with Crippen molar-refractivity contribution in [2.24, 2.45) is 0 Å². The van der Waals surface area contributed by atoms with E-state index in [9.17, 15) is 0 Å². The highest BCUT2D eigenvalue weighted by Gasteiger charge is 2.16. The summed E-state index contributed by atoms with van der Waals surface area (Å²) < 4.78 is 1.93. The van der Waals surface area contributed by atoms with Crippen LogP contribution >= 0.6 is 0 Å². The number of rotatable bonds is 6. The van der Waals surface area contributed by atoms with E-state index < -0.39 is 0 Å². The molecular formula is C14H21N5. The van der Waals surface area contributed by atoms with Gasteiger partial charge in [-0.05, 0) is 32.5 Å². The molecule has 2 aromatic heterocycles. The maximum absolute atomic E-state index is 4.61. The van der Waals surface area contributed by atoms with Crippen LogP contribution in [0.1, 0.15) is 37.1 Å². The number of pyridine rings is 1. The topological polar surface area (TPSA) is 55.6 Å². The second-order valence-electron chi connectivity index (χ2n) is 4.51. The first-order valence-corrected chi connectivity index (χ1v) is 6.78. The summed E-state index contributed by atoms with van der Waals surface area (Å²) in [5, 5.41) is 7.69. The van der Waals surface area contributed by atoms with E-state index in [0.717, 1.165) is 36.7 Å². The molecule has 0 aliphatic carbocycles. The third-order valence-corrected chi connectivity index (χ3v) is 3.10. The van der Waals surface area contributed by atoms with E-state index in [1.165, 1.54) is 0 Å². The summed E-state index contributed by atoms with van der Waals surface area (Å²) in [6.07, 6.45) is 2.42. The molecule has 0 radical (unpaired) electrons. The van der Waals surface area contributed by atoms with Gasteiger partial charge in [0.05, 0.1) is 11.7 Å². The molecule has 0 aliphatic heterocycles. The number of hydrogen-bond donors (Lipinski definition) is 1. The molecule has 0 fully saturated rings. The molecule has 0 spiro atoms. The lowest BCUT2D eigenvalue weighted by molar-refractivity contribution is 0.499. The SMILES string of the molecule is CCNC(Cc1ncnn1CC)c1cccc(C)n1. The molecule has 102 valence electrons. The zero-order chi connectivity index (χ0) is 13.7. The van der Waals surface area contributed by atoms with Crippen LogP contribution in [0.3, 0.4) is 0 Å². The average Bonchev–Trinajstić information content (AvgIpc) is 2.85. The van der Waals surface area contributed by atoms with Gasteiger partial charge in [-0.15, -0.1) is 0 Å². The Balaban J connectivity index is 2.21. The van der Waals surface area contributed by atoms with Crippen molar-refractivity contribution in [2.75, 3.05) is 6.54 Å². The minimum Gasteiger partial charge on any atom is -0.309 e. The minimum absolute atomic E-state index is 0.180. The molecule has 1 atom stereocenters. The fourth-order valence-corrected chi connectivity index (χ4v) is 2.18. The lowest BCUT2D eigenvalue weighted by Gasteiger charge is -2.17. The first kappa shape index (κ1) is 13.7. The Bertz CT molecular complexity index is 520. The lowest BCUT2D eigenvalue weighted by Crippen LogP contribution is -2.25. The molecule has 1 N–H and O–H groups in total. The number of nitrogens with one attached hydrogen (secondary N) is 1. The van der Waals surface area contributed by atoms with E-state index in [-0.39, 0.29) is 6.04 Å². The highest BCUT2D eigenvalue weighted by molar-refractivity contribution is 5.15. The van der Waals surface area contributed by atoms with Gasteiger partial charge in [-0.25, -0.2) is 4.98 Å². The van der Waals surface area contributed by atoms with Gasteiger partial charge in [0.15, 0.2) is 0 Å². The van der Waals surface area contributed by atoms with E-state index in [2.05, 4.69) is 40.3 Å². The predicted octanol–water partition coefficient (Wildman–Crippen LogP) is 1.89. The molecule has 2 aromatic rings. The minimum atomic E-state index is 0.180. The molecule has 0 saturated carbocycles. The molecule has 0 amide bonds. The zero-order valence-electron chi connectivity index (χ0n) is 11.8. The van der Waals surface area contributed by atoms with Crippen LogP contribution in [0.4, 0.5) is 0 Å². The lowest BCUT2D eigenvalue weighted by atomic mass is 10.1. The number of aromatic nitrogens is 4. The first-order valence-electron chi connectivity index (χ1n) is 6.78. The monoisotopic (exact) mass is 259 g/mol. The van der Waals surface area contributed by atoms with Gasteiger partial charge in [-0.3, -0.25) is 9.67 Å². The Morgan fingerprint density at radius 1 is 1.32 bits per heavy atom. The van der Waals surface area contributed by atoms with Crippen molar-refractivity contribution in [3.63, 3.8) is 0 Å².